The summed E-state index contributed by atoms with van der Waals surface area (Å²) in [6.07, 6.45) is 1.22. The molecule has 0 aliphatic heterocycles. The van der Waals surface area contributed by atoms with Gasteiger partial charge in [0.15, 0.2) is 0 Å². The van der Waals surface area contributed by atoms with E-state index in [4.69, 9.17) is 10.5 Å². The van der Waals surface area contributed by atoms with Crippen LogP contribution in [0.2, 0.25) is 0 Å². The molecule has 4 nitrogen and oxygen atoms in total. The van der Waals surface area contributed by atoms with Crippen LogP contribution < -0.4 is 10.5 Å². The number of likely N-dealkylation sites (N-methyl/N-ethyl adjacent to an activating group) is 1. The molecule has 0 saturated carbocycles. The van der Waals surface area contributed by atoms with Gasteiger partial charge in [-0.05, 0) is 38.0 Å². The predicted octanol–water partition coefficient (Wildman–Crippen LogP) is 2.38. The Bertz CT molecular complexity index is 411. The monoisotopic (exact) mass is 300 g/mol. The molecular formula is C15H25ClN2O2. The Hall–Kier alpha value is -1.26. The van der Waals surface area contributed by atoms with E-state index in [9.17, 15) is 4.79 Å². The fraction of sp³-hybridized carbons (Fsp3) is 0.533. The smallest absolute Gasteiger partial charge is 0.222 e. The van der Waals surface area contributed by atoms with Crippen LogP contribution in [0.4, 0.5) is 0 Å². The van der Waals surface area contributed by atoms with E-state index in [0.29, 0.717) is 19.6 Å². The second-order valence-electron chi connectivity index (χ2n) is 5.00. The van der Waals surface area contributed by atoms with Crippen LogP contribution in [0, 0.1) is 6.92 Å². The summed E-state index contributed by atoms with van der Waals surface area (Å²) in [7, 11) is 1.79. The molecule has 1 amide bonds. The molecule has 0 radical (unpaired) electrons. The Labute approximate surface area is 127 Å². The molecule has 114 valence electrons. The first-order valence-corrected chi connectivity index (χ1v) is 6.68. The summed E-state index contributed by atoms with van der Waals surface area (Å²) in [6.45, 7) is 5.03. The van der Waals surface area contributed by atoms with Gasteiger partial charge in [0, 0.05) is 19.5 Å². The van der Waals surface area contributed by atoms with Gasteiger partial charge in [-0.2, -0.15) is 0 Å². The van der Waals surface area contributed by atoms with Crippen LogP contribution in [0.25, 0.3) is 0 Å². The third-order valence-electron chi connectivity index (χ3n) is 2.92. The Morgan fingerprint density at radius 3 is 2.75 bits per heavy atom. The lowest BCUT2D eigenvalue weighted by atomic mass is 10.2. The van der Waals surface area contributed by atoms with Gasteiger partial charge in [-0.15, -0.1) is 12.4 Å². The summed E-state index contributed by atoms with van der Waals surface area (Å²) in [5.74, 6) is 0.960. The number of amides is 1. The summed E-state index contributed by atoms with van der Waals surface area (Å²) >= 11 is 0. The first kappa shape index (κ1) is 18.7. The molecule has 0 spiro atoms. The summed E-state index contributed by atoms with van der Waals surface area (Å²) in [5.41, 5.74) is 6.80. The van der Waals surface area contributed by atoms with Crippen LogP contribution in [-0.2, 0) is 4.79 Å². The van der Waals surface area contributed by atoms with Crippen molar-refractivity contribution >= 4 is 18.3 Å². The normalized spacial score (nSPS) is 11.4. The number of aryl methyl sites for hydroxylation is 1. The van der Waals surface area contributed by atoms with Crippen molar-refractivity contribution in [3.63, 3.8) is 0 Å². The van der Waals surface area contributed by atoms with Crippen LogP contribution in [0.3, 0.4) is 0 Å². The van der Waals surface area contributed by atoms with E-state index in [1.165, 1.54) is 5.56 Å². The number of halogens is 1. The number of ether oxygens (including phenoxy) is 1. The van der Waals surface area contributed by atoms with Gasteiger partial charge < -0.3 is 15.4 Å². The molecule has 5 heteroatoms. The summed E-state index contributed by atoms with van der Waals surface area (Å²) in [5, 5.41) is 0. The van der Waals surface area contributed by atoms with Gasteiger partial charge in [0.25, 0.3) is 0 Å². The minimum Gasteiger partial charge on any atom is -0.492 e. The first-order chi connectivity index (χ1) is 8.99. The van der Waals surface area contributed by atoms with E-state index in [1.807, 2.05) is 38.1 Å². The van der Waals surface area contributed by atoms with Crippen LogP contribution in [-0.4, -0.2) is 37.0 Å². The SMILES string of the molecule is Cc1cccc(OCCN(C)C(=O)CCC(C)N)c1.Cl. The number of nitrogens with two attached hydrogens (primary N) is 1. The lowest BCUT2D eigenvalue weighted by Gasteiger charge is -2.18. The van der Waals surface area contributed by atoms with Crippen molar-refractivity contribution in [2.45, 2.75) is 32.7 Å². The lowest BCUT2D eigenvalue weighted by Crippen LogP contribution is -2.31. The molecule has 1 unspecified atom stereocenters. The van der Waals surface area contributed by atoms with Crippen molar-refractivity contribution in [3.8, 4) is 5.75 Å². The molecule has 1 atom stereocenters. The molecular weight excluding hydrogens is 276 g/mol. The summed E-state index contributed by atoms with van der Waals surface area (Å²) < 4.78 is 5.61. The van der Waals surface area contributed by atoms with E-state index in [0.717, 1.165) is 12.2 Å². The minimum atomic E-state index is 0. The number of rotatable bonds is 7. The molecule has 0 aliphatic rings. The average molecular weight is 301 g/mol. The van der Waals surface area contributed by atoms with Gasteiger partial charge in [0.2, 0.25) is 5.91 Å². The summed E-state index contributed by atoms with van der Waals surface area (Å²) in [6, 6.07) is 7.96. The highest BCUT2D eigenvalue weighted by Gasteiger charge is 2.09. The molecule has 0 aliphatic carbocycles. The topological polar surface area (TPSA) is 55.6 Å². The number of hydrogen-bond donors (Lipinski definition) is 1. The molecule has 1 aromatic carbocycles. The van der Waals surface area contributed by atoms with Crippen molar-refractivity contribution in [2.24, 2.45) is 5.73 Å². The van der Waals surface area contributed by atoms with Crippen molar-refractivity contribution < 1.29 is 9.53 Å². The van der Waals surface area contributed by atoms with Crippen LogP contribution >= 0.6 is 12.4 Å². The molecule has 0 heterocycles. The van der Waals surface area contributed by atoms with Crippen molar-refractivity contribution in [3.05, 3.63) is 29.8 Å². The maximum Gasteiger partial charge on any atom is 0.222 e. The Kier molecular flexibility index (Phi) is 9.01. The molecule has 0 aromatic heterocycles. The second-order valence-corrected chi connectivity index (χ2v) is 5.00. The summed E-state index contributed by atoms with van der Waals surface area (Å²) in [4.78, 5) is 13.5. The zero-order valence-corrected chi connectivity index (χ0v) is 13.3. The standard InChI is InChI=1S/C15H24N2O2.ClH/c1-12-5-4-6-14(11-12)19-10-9-17(3)15(18)8-7-13(2)16;/h4-6,11,13H,7-10,16H2,1-3H3;1H. The fourth-order valence-corrected chi connectivity index (χ4v) is 1.67. The molecule has 1 rings (SSSR count). The van der Waals surface area contributed by atoms with Crippen LogP contribution in [0.1, 0.15) is 25.3 Å². The molecule has 2 N–H and O–H groups in total. The third-order valence-corrected chi connectivity index (χ3v) is 2.92. The highest BCUT2D eigenvalue weighted by Crippen LogP contribution is 2.12. The second kappa shape index (κ2) is 9.61. The third kappa shape index (κ3) is 7.36. The van der Waals surface area contributed by atoms with Gasteiger partial charge in [-0.1, -0.05) is 12.1 Å². The average Bonchev–Trinajstić information content (AvgIpc) is 2.35. The van der Waals surface area contributed by atoms with E-state index < -0.39 is 0 Å². The molecule has 0 fully saturated rings. The Morgan fingerprint density at radius 2 is 2.15 bits per heavy atom. The maximum absolute atomic E-state index is 11.8. The zero-order chi connectivity index (χ0) is 14.3. The highest BCUT2D eigenvalue weighted by molar-refractivity contribution is 5.85. The molecule has 20 heavy (non-hydrogen) atoms. The number of hydrogen-bond acceptors (Lipinski definition) is 3. The highest BCUT2D eigenvalue weighted by atomic mass is 35.5. The minimum absolute atomic E-state index is 0. The Morgan fingerprint density at radius 1 is 1.45 bits per heavy atom. The number of nitrogens with zero attached hydrogens (tertiary/aromatic N) is 1. The molecule has 1 aromatic rings. The van der Waals surface area contributed by atoms with E-state index in [2.05, 4.69) is 0 Å². The van der Waals surface area contributed by atoms with E-state index >= 15 is 0 Å². The lowest BCUT2D eigenvalue weighted by molar-refractivity contribution is -0.130. The fourth-order valence-electron chi connectivity index (χ4n) is 1.67. The number of carbonyl (C=O) groups is 1. The van der Waals surface area contributed by atoms with Crippen molar-refractivity contribution in [1.82, 2.24) is 4.90 Å². The number of carbonyl (C=O) groups excluding carboxylic acids is 1. The van der Waals surface area contributed by atoms with Crippen molar-refractivity contribution in [2.75, 3.05) is 20.2 Å². The van der Waals surface area contributed by atoms with Gasteiger partial charge in [0.1, 0.15) is 12.4 Å². The van der Waals surface area contributed by atoms with Crippen LogP contribution in [0.15, 0.2) is 24.3 Å². The first-order valence-electron chi connectivity index (χ1n) is 6.68. The predicted molar refractivity (Wildman–Crippen MR) is 84.4 cm³/mol. The van der Waals surface area contributed by atoms with Gasteiger partial charge in [-0.3, -0.25) is 4.79 Å². The van der Waals surface area contributed by atoms with E-state index in [-0.39, 0.29) is 24.4 Å². The number of benzene rings is 1. The van der Waals surface area contributed by atoms with Crippen LogP contribution in [0.5, 0.6) is 5.75 Å². The Balaban J connectivity index is 0.00000361. The van der Waals surface area contributed by atoms with Gasteiger partial charge >= 0.3 is 0 Å². The molecule has 0 bridgehead atoms. The largest absolute Gasteiger partial charge is 0.492 e. The quantitative estimate of drug-likeness (QED) is 0.841. The van der Waals surface area contributed by atoms with Gasteiger partial charge in [-0.25, -0.2) is 0 Å². The zero-order valence-electron chi connectivity index (χ0n) is 12.5. The molecule has 0 saturated heterocycles. The van der Waals surface area contributed by atoms with Crippen molar-refractivity contribution in [1.29, 1.82) is 0 Å². The van der Waals surface area contributed by atoms with Gasteiger partial charge in [0.05, 0.1) is 6.54 Å². The maximum atomic E-state index is 11.8. The van der Waals surface area contributed by atoms with E-state index in [1.54, 1.807) is 11.9 Å².